The van der Waals surface area contributed by atoms with Crippen LogP contribution in [0.1, 0.15) is 16.7 Å². The lowest BCUT2D eigenvalue weighted by molar-refractivity contribution is 0.279. The lowest BCUT2D eigenvalue weighted by Crippen LogP contribution is -2.25. The molecular formula is C17H20N2. The normalized spacial score (nSPS) is 15.8. The molecule has 2 heteroatoms. The van der Waals surface area contributed by atoms with Crippen molar-refractivity contribution in [3.63, 3.8) is 0 Å². The Morgan fingerprint density at radius 3 is 2.21 bits per heavy atom. The van der Waals surface area contributed by atoms with Crippen molar-refractivity contribution in [1.29, 1.82) is 0 Å². The van der Waals surface area contributed by atoms with E-state index in [2.05, 4.69) is 41.3 Å². The largest absolute Gasteiger partial charge is 0.399 e. The Bertz CT molecular complexity index is 536. The standard InChI is InChI=1S/C17H20N2/c18-17-7-3-4-14(12-17)13-19-10-8-15-5-1-2-6-16(15)9-11-19/h1-7,12H,8-11,13,18H2. The minimum Gasteiger partial charge on any atom is -0.399 e. The van der Waals surface area contributed by atoms with Gasteiger partial charge < -0.3 is 5.73 Å². The molecule has 2 N–H and O–H groups in total. The second kappa shape index (κ2) is 5.45. The summed E-state index contributed by atoms with van der Waals surface area (Å²) in [6.45, 7) is 3.26. The molecule has 19 heavy (non-hydrogen) atoms. The van der Waals surface area contributed by atoms with Gasteiger partial charge in [0.15, 0.2) is 0 Å². The highest BCUT2D eigenvalue weighted by Gasteiger charge is 2.13. The summed E-state index contributed by atoms with van der Waals surface area (Å²) in [5.74, 6) is 0. The first kappa shape index (κ1) is 12.2. The Hall–Kier alpha value is -1.80. The first-order valence-corrected chi connectivity index (χ1v) is 6.95. The van der Waals surface area contributed by atoms with Crippen LogP contribution in [-0.2, 0) is 19.4 Å². The van der Waals surface area contributed by atoms with Gasteiger partial charge in [0.2, 0.25) is 0 Å². The maximum atomic E-state index is 5.85. The summed E-state index contributed by atoms with van der Waals surface area (Å²) in [7, 11) is 0. The summed E-state index contributed by atoms with van der Waals surface area (Å²) in [4.78, 5) is 2.52. The van der Waals surface area contributed by atoms with E-state index in [-0.39, 0.29) is 0 Å². The van der Waals surface area contributed by atoms with E-state index in [0.717, 1.165) is 38.2 Å². The summed E-state index contributed by atoms with van der Waals surface area (Å²) in [5, 5.41) is 0. The number of benzene rings is 2. The van der Waals surface area contributed by atoms with Gasteiger partial charge in [-0.2, -0.15) is 0 Å². The fraction of sp³-hybridized carbons (Fsp3) is 0.294. The SMILES string of the molecule is Nc1cccc(CN2CCc3ccccc3CC2)c1. The molecule has 3 rings (SSSR count). The maximum absolute atomic E-state index is 5.85. The number of anilines is 1. The van der Waals surface area contributed by atoms with Crippen LogP contribution in [0.3, 0.4) is 0 Å². The molecule has 0 bridgehead atoms. The molecule has 0 saturated heterocycles. The van der Waals surface area contributed by atoms with Crippen LogP contribution < -0.4 is 5.73 Å². The van der Waals surface area contributed by atoms with Gasteiger partial charge in [0.05, 0.1) is 0 Å². The second-order valence-corrected chi connectivity index (χ2v) is 5.29. The highest BCUT2D eigenvalue weighted by molar-refractivity contribution is 5.40. The van der Waals surface area contributed by atoms with Gasteiger partial charge in [-0.15, -0.1) is 0 Å². The van der Waals surface area contributed by atoms with Gasteiger partial charge in [-0.1, -0.05) is 36.4 Å². The van der Waals surface area contributed by atoms with Crippen molar-refractivity contribution >= 4 is 5.69 Å². The third-order valence-corrected chi connectivity index (χ3v) is 3.87. The quantitative estimate of drug-likeness (QED) is 0.833. The summed E-state index contributed by atoms with van der Waals surface area (Å²) in [5.41, 5.74) is 11.0. The molecule has 0 unspecified atom stereocenters. The summed E-state index contributed by atoms with van der Waals surface area (Å²) in [6.07, 6.45) is 2.30. The Balaban J connectivity index is 1.69. The number of hydrogen-bond donors (Lipinski definition) is 1. The van der Waals surface area contributed by atoms with Crippen molar-refractivity contribution in [3.05, 3.63) is 65.2 Å². The van der Waals surface area contributed by atoms with Gasteiger partial charge in [-0.25, -0.2) is 0 Å². The number of nitrogens with two attached hydrogens (primary N) is 1. The van der Waals surface area contributed by atoms with Crippen molar-refractivity contribution < 1.29 is 0 Å². The molecule has 1 aliphatic rings. The first-order valence-electron chi connectivity index (χ1n) is 6.95. The maximum Gasteiger partial charge on any atom is 0.0317 e. The van der Waals surface area contributed by atoms with E-state index >= 15 is 0 Å². The Morgan fingerprint density at radius 2 is 1.58 bits per heavy atom. The molecular weight excluding hydrogens is 232 g/mol. The molecule has 2 aromatic rings. The van der Waals surface area contributed by atoms with E-state index < -0.39 is 0 Å². The highest BCUT2D eigenvalue weighted by Crippen LogP contribution is 2.17. The Kier molecular flexibility index (Phi) is 3.51. The molecule has 0 spiro atoms. The van der Waals surface area contributed by atoms with E-state index in [1.54, 1.807) is 0 Å². The number of nitrogen functional groups attached to an aromatic ring is 1. The van der Waals surface area contributed by atoms with Crippen LogP contribution in [-0.4, -0.2) is 18.0 Å². The number of fused-ring (bicyclic) bond motifs is 1. The van der Waals surface area contributed by atoms with E-state index in [4.69, 9.17) is 5.73 Å². The van der Waals surface area contributed by atoms with E-state index in [0.29, 0.717) is 0 Å². The number of rotatable bonds is 2. The predicted octanol–water partition coefficient (Wildman–Crippen LogP) is 2.87. The van der Waals surface area contributed by atoms with Gasteiger partial charge in [0, 0.05) is 25.3 Å². The van der Waals surface area contributed by atoms with Crippen LogP contribution >= 0.6 is 0 Å². The van der Waals surface area contributed by atoms with Crippen molar-refractivity contribution in [2.24, 2.45) is 0 Å². The second-order valence-electron chi connectivity index (χ2n) is 5.29. The molecule has 0 aromatic heterocycles. The summed E-state index contributed by atoms with van der Waals surface area (Å²) >= 11 is 0. The molecule has 2 aromatic carbocycles. The average molecular weight is 252 g/mol. The molecule has 0 atom stereocenters. The fourth-order valence-corrected chi connectivity index (χ4v) is 2.82. The zero-order valence-electron chi connectivity index (χ0n) is 11.2. The van der Waals surface area contributed by atoms with Gasteiger partial charge in [-0.05, 0) is 41.7 Å². The predicted molar refractivity (Wildman–Crippen MR) is 80.0 cm³/mol. The van der Waals surface area contributed by atoms with Crippen molar-refractivity contribution in [1.82, 2.24) is 4.90 Å². The average Bonchev–Trinajstić information content (AvgIpc) is 2.62. The molecule has 1 aliphatic heterocycles. The topological polar surface area (TPSA) is 29.3 Å². The molecule has 0 saturated carbocycles. The molecule has 98 valence electrons. The zero-order chi connectivity index (χ0) is 13.1. The lowest BCUT2D eigenvalue weighted by atomic mass is 10.0. The van der Waals surface area contributed by atoms with Crippen molar-refractivity contribution in [2.45, 2.75) is 19.4 Å². The van der Waals surface area contributed by atoms with Crippen LogP contribution in [0.15, 0.2) is 48.5 Å². The molecule has 1 heterocycles. The van der Waals surface area contributed by atoms with Gasteiger partial charge >= 0.3 is 0 Å². The Morgan fingerprint density at radius 1 is 0.895 bits per heavy atom. The summed E-state index contributed by atoms with van der Waals surface area (Å²) in [6, 6.07) is 17.0. The zero-order valence-corrected chi connectivity index (χ0v) is 11.2. The number of hydrogen-bond acceptors (Lipinski definition) is 2. The molecule has 0 amide bonds. The Labute approximate surface area is 114 Å². The molecule has 2 nitrogen and oxygen atoms in total. The number of nitrogens with zero attached hydrogens (tertiary/aromatic N) is 1. The van der Waals surface area contributed by atoms with Crippen LogP contribution in [0.25, 0.3) is 0 Å². The van der Waals surface area contributed by atoms with Crippen LogP contribution in [0.2, 0.25) is 0 Å². The lowest BCUT2D eigenvalue weighted by Gasteiger charge is -2.19. The molecule has 0 fully saturated rings. The fourth-order valence-electron chi connectivity index (χ4n) is 2.82. The van der Waals surface area contributed by atoms with Crippen molar-refractivity contribution in [3.8, 4) is 0 Å². The first-order chi connectivity index (χ1) is 9.31. The van der Waals surface area contributed by atoms with E-state index in [1.165, 1.54) is 16.7 Å². The van der Waals surface area contributed by atoms with E-state index in [9.17, 15) is 0 Å². The van der Waals surface area contributed by atoms with Gasteiger partial charge in [0.1, 0.15) is 0 Å². The van der Waals surface area contributed by atoms with Crippen LogP contribution in [0.5, 0.6) is 0 Å². The summed E-state index contributed by atoms with van der Waals surface area (Å²) < 4.78 is 0. The minimum absolute atomic E-state index is 0.857. The van der Waals surface area contributed by atoms with E-state index in [1.807, 2.05) is 12.1 Å². The minimum atomic E-state index is 0.857. The molecule has 0 radical (unpaired) electrons. The smallest absolute Gasteiger partial charge is 0.0317 e. The van der Waals surface area contributed by atoms with Crippen LogP contribution in [0.4, 0.5) is 5.69 Å². The third kappa shape index (κ3) is 2.96. The third-order valence-electron chi connectivity index (χ3n) is 3.87. The van der Waals surface area contributed by atoms with Gasteiger partial charge in [-0.3, -0.25) is 4.90 Å². The monoisotopic (exact) mass is 252 g/mol. The molecule has 0 aliphatic carbocycles. The highest BCUT2D eigenvalue weighted by atomic mass is 15.1. The van der Waals surface area contributed by atoms with Crippen molar-refractivity contribution in [2.75, 3.05) is 18.8 Å². The van der Waals surface area contributed by atoms with Crippen LogP contribution in [0, 0.1) is 0 Å². The van der Waals surface area contributed by atoms with Gasteiger partial charge in [0.25, 0.3) is 0 Å².